The fraction of sp³-hybridized carbons (Fsp3) is 0.550. The van der Waals surface area contributed by atoms with E-state index in [9.17, 15) is 4.79 Å². The number of carbonyl (C=O) groups is 1. The van der Waals surface area contributed by atoms with Gasteiger partial charge in [-0.15, -0.1) is 0 Å². The maximum Gasteiger partial charge on any atom is 0.510 e. The first kappa shape index (κ1) is 17.4. The highest BCUT2D eigenvalue weighted by molar-refractivity contribution is 5.62. The normalized spacial score (nSPS) is 15.3. The summed E-state index contributed by atoms with van der Waals surface area (Å²) in [7, 11) is 0. The molecular formula is C20H26O3. The van der Waals surface area contributed by atoms with Crippen LogP contribution in [0, 0.1) is 11.8 Å². The number of unbranched alkanes of at least 4 members (excludes halogenated alkanes) is 1. The van der Waals surface area contributed by atoms with Gasteiger partial charge < -0.3 is 9.47 Å². The van der Waals surface area contributed by atoms with E-state index in [0.717, 1.165) is 24.8 Å². The second-order valence-corrected chi connectivity index (χ2v) is 7.11. The third-order valence-corrected chi connectivity index (χ3v) is 3.58. The summed E-state index contributed by atoms with van der Waals surface area (Å²) >= 11 is 0. The van der Waals surface area contributed by atoms with Gasteiger partial charge in [-0.3, -0.25) is 0 Å². The molecule has 0 radical (unpaired) electrons. The Balaban J connectivity index is 1.94. The largest absolute Gasteiger partial charge is 0.510 e. The summed E-state index contributed by atoms with van der Waals surface area (Å²) in [4.78, 5) is 11.8. The number of carbonyl (C=O) groups excluding carboxylic acids is 1. The lowest BCUT2D eigenvalue weighted by Gasteiger charge is -2.20. The molecule has 0 heterocycles. The summed E-state index contributed by atoms with van der Waals surface area (Å²) < 4.78 is 10.6. The van der Waals surface area contributed by atoms with Gasteiger partial charge in [-0.2, -0.15) is 0 Å². The van der Waals surface area contributed by atoms with Crippen LogP contribution in [0.2, 0.25) is 0 Å². The molecule has 124 valence electrons. The first-order valence-electron chi connectivity index (χ1n) is 8.36. The maximum atomic E-state index is 11.8. The van der Waals surface area contributed by atoms with E-state index in [0.29, 0.717) is 0 Å². The number of hydrogen-bond acceptors (Lipinski definition) is 3. The molecule has 1 aromatic carbocycles. The zero-order valence-corrected chi connectivity index (χ0v) is 14.6. The molecule has 1 aromatic rings. The van der Waals surface area contributed by atoms with Crippen molar-refractivity contribution in [2.24, 2.45) is 0 Å². The lowest BCUT2D eigenvalue weighted by atomic mass is 10.1. The Kier molecular flexibility index (Phi) is 5.36. The van der Waals surface area contributed by atoms with Crippen molar-refractivity contribution in [3.05, 3.63) is 35.4 Å². The van der Waals surface area contributed by atoms with E-state index in [1.54, 1.807) is 0 Å². The van der Waals surface area contributed by atoms with Gasteiger partial charge in [0.2, 0.25) is 0 Å². The van der Waals surface area contributed by atoms with Crippen molar-refractivity contribution in [3.8, 4) is 11.8 Å². The van der Waals surface area contributed by atoms with Crippen LogP contribution in [0.4, 0.5) is 4.79 Å². The Morgan fingerprint density at radius 2 is 1.87 bits per heavy atom. The highest BCUT2D eigenvalue weighted by atomic mass is 16.7. The highest BCUT2D eigenvalue weighted by Gasteiger charge is 2.46. The number of aryl methyl sites for hydroxylation is 1. The molecule has 0 N–H and O–H groups in total. The molecule has 0 aromatic heterocycles. The van der Waals surface area contributed by atoms with E-state index in [-0.39, 0.29) is 0 Å². The monoisotopic (exact) mass is 314 g/mol. The number of rotatable bonds is 4. The van der Waals surface area contributed by atoms with E-state index >= 15 is 0 Å². The smallest absolute Gasteiger partial charge is 0.429 e. The second kappa shape index (κ2) is 7.08. The minimum atomic E-state index is -0.650. The van der Waals surface area contributed by atoms with Crippen LogP contribution >= 0.6 is 0 Å². The predicted octanol–water partition coefficient (Wildman–Crippen LogP) is 4.87. The van der Waals surface area contributed by atoms with Crippen molar-refractivity contribution in [2.75, 3.05) is 0 Å². The van der Waals surface area contributed by atoms with Crippen molar-refractivity contribution in [3.63, 3.8) is 0 Å². The molecule has 0 spiro atoms. The lowest BCUT2D eigenvalue weighted by Crippen LogP contribution is -2.28. The summed E-state index contributed by atoms with van der Waals surface area (Å²) in [5.41, 5.74) is 1.09. The summed E-state index contributed by atoms with van der Waals surface area (Å²) in [6.45, 7) is 7.65. The quantitative estimate of drug-likeness (QED) is 0.588. The van der Waals surface area contributed by atoms with Gasteiger partial charge in [0.15, 0.2) is 5.60 Å². The molecule has 0 atom stereocenters. The molecule has 3 heteroatoms. The van der Waals surface area contributed by atoms with E-state index in [1.165, 1.54) is 18.4 Å². The molecule has 0 saturated heterocycles. The Morgan fingerprint density at radius 1 is 1.22 bits per heavy atom. The van der Waals surface area contributed by atoms with Gasteiger partial charge in [0.05, 0.1) is 0 Å². The number of ether oxygens (including phenoxy) is 2. The van der Waals surface area contributed by atoms with Crippen LogP contribution in [0.15, 0.2) is 24.3 Å². The van der Waals surface area contributed by atoms with Crippen molar-refractivity contribution < 1.29 is 14.3 Å². The Bertz CT molecular complexity index is 593. The first-order valence-corrected chi connectivity index (χ1v) is 8.36. The Morgan fingerprint density at radius 3 is 2.39 bits per heavy atom. The van der Waals surface area contributed by atoms with Crippen LogP contribution in [0.5, 0.6) is 0 Å². The standard InChI is InChI=1S/C20H26O3/c1-5-6-7-16-8-10-17(11-9-16)12-13-20(14-15-20)23-18(21)22-19(2,3)4/h8-11H,5-7,14-15H2,1-4H3. The molecule has 1 aliphatic carbocycles. The molecule has 1 aliphatic rings. The van der Waals surface area contributed by atoms with E-state index in [4.69, 9.17) is 9.47 Å². The maximum absolute atomic E-state index is 11.8. The topological polar surface area (TPSA) is 35.5 Å². The fourth-order valence-corrected chi connectivity index (χ4v) is 2.12. The molecule has 0 bridgehead atoms. The van der Waals surface area contributed by atoms with Gasteiger partial charge in [0.25, 0.3) is 0 Å². The van der Waals surface area contributed by atoms with Gasteiger partial charge in [-0.25, -0.2) is 4.79 Å². The molecule has 1 saturated carbocycles. The third-order valence-electron chi connectivity index (χ3n) is 3.58. The van der Waals surface area contributed by atoms with Gasteiger partial charge in [-0.1, -0.05) is 31.4 Å². The molecule has 2 rings (SSSR count). The van der Waals surface area contributed by atoms with Crippen LogP contribution in [-0.2, 0) is 15.9 Å². The average Bonchev–Trinajstić information content (AvgIpc) is 3.22. The second-order valence-electron chi connectivity index (χ2n) is 7.11. The van der Waals surface area contributed by atoms with Crippen molar-refractivity contribution in [2.45, 2.75) is 71.0 Å². The van der Waals surface area contributed by atoms with Crippen molar-refractivity contribution in [1.82, 2.24) is 0 Å². The number of benzene rings is 1. The van der Waals surface area contributed by atoms with Crippen LogP contribution in [0.1, 0.15) is 64.5 Å². The number of hydrogen-bond donors (Lipinski definition) is 0. The van der Waals surface area contributed by atoms with Gasteiger partial charge in [-0.05, 0) is 57.2 Å². The zero-order valence-electron chi connectivity index (χ0n) is 14.6. The van der Waals surface area contributed by atoms with Gasteiger partial charge in [0.1, 0.15) is 5.60 Å². The van der Waals surface area contributed by atoms with Crippen LogP contribution in [-0.4, -0.2) is 17.4 Å². The van der Waals surface area contributed by atoms with Gasteiger partial charge in [0, 0.05) is 18.4 Å². The molecule has 0 aliphatic heterocycles. The van der Waals surface area contributed by atoms with Crippen molar-refractivity contribution >= 4 is 6.16 Å². The third kappa shape index (κ3) is 5.98. The molecule has 3 nitrogen and oxygen atoms in total. The van der Waals surface area contributed by atoms with E-state index in [1.807, 2.05) is 32.9 Å². The SMILES string of the molecule is CCCCc1ccc(C#CC2(OC(=O)OC(C)(C)C)CC2)cc1. The molecule has 0 unspecified atom stereocenters. The summed E-state index contributed by atoms with van der Waals surface area (Å²) in [6, 6.07) is 8.30. The Labute approximate surface area is 139 Å². The zero-order chi connectivity index (χ0) is 16.9. The minimum Gasteiger partial charge on any atom is -0.429 e. The molecule has 23 heavy (non-hydrogen) atoms. The average molecular weight is 314 g/mol. The summed E-state index contributed by atoms with van der Waals surface area (Å²) in [5.74, 6) is 6.21. The van der Waals surface area contributed by atoms with Crippen LogP contribution in [0.3, 0.4) is 0 Å². The summed E-state index contributed by atoms with van der Waals surface area (Å²) in [5, 5.41) is 0. The first-order chi connectivity index (χ1) is 10.8. The minimum absolute atomic E-state index is 0.547. The van der Waals surface area contributed by atoms with Crippen LogP contribution in [0.25, 0.3) is 0 Å². The highest BCUT2D eigenvalue weighted by Crippen LogP contribution is 2.39. The molecule has 0 amide bonds. The van der Waals surface area contributed by atoms with Crippen molar-refractivity contribution in [1.29, 1.82) is 0 Å². The Hall–Kier alpha value is -1.95. The summed E-state index contributed by atoms with van der Waals surface area (Å²) in [6.07, 6.45) is 4.42. The lowest BCUT2D eigenvalue weighted by molar-refractivity contribution is -0.0217. The van der Waals surface area contributed by atoms with Crippen LogP contribution < -0.4 is 0 Å². The van der Waals surface area contributed by atoms with E-state index < -0.39 is 17.4 Å². The molecule has 1 fully saturated rings. The predicted molar refractivity (Wildman–Crippen MR) is 91.2 cm³/mol. The van der Waals surface area contributed by atoms with E-state index in [2.05, 4.69) is 30.9 Å². The fourth-order valence-electron chi connectivity index (χ4n) is 2.12. The van der Waals surface area contributed by atoms with Gasteiger partial charge >= 0.3 is 6.16 Å². The molecular weight excluding hydrogens is 288 g/mol.